The molecule has 0 atom stereocenters. The summed E-state index contributed by atoms with van der Waals surface area (Å²) in [5.41, 5.74) is 1.25. The quantitative estimate of drug-likeness (QED) is 0.737. The van der Waals surface area contributed by atoms with E-state index < -0.39 is 0 Å². The van der Waals surface area contributed by atoms with E-state index in [1.807, 2.05) is 18.2 Å². The van der Waals surface area contributed by atoms with Crippen molar-refractivity contribution in [3.63, 3.8) is 0 Å². The van der Waals surface area contributed by atoms with Gasteiger partial charge in [-0.15, -0.1) is 0 Å². The summed E-state index contributed by atoms with van der Waals surface area (Å²) in [7, 11) is 0. The molecule has 2 aromatic rings. The summed E-state index contributed by atoms with van der Waals surface area (Å²) in [6.07, 6.45) is 3.46. The molecule has 0 radical (unpaired) electrons. The van der Waals surface area contributed by atoms with Gasteiger partial charge in [0, 0.05) is 12.4 Å². The predicted octanol–water partition coefficient (Wildman–Crippen LogP) is 2.05. The maximum absolute atomic E-state index is 11.7. The van der Waals surface area contributed by atoms with Crippen LogP contribution in [0.4, 0.5) is 0 Å². The van der Waals surface area contributed by atoms with Crippen LogP contribution in [0.3, 0.4) is 0 Å². The molecule has 0 N–H and O–H groups in total. The fraction of sp³-hybridized carbons (Fsp3) is 0.167. The average Bonchev–Trinajstić information content (AvgIpc) is 2.83. The standard InChI is InChI=1S/C12H12N2O2/c1-2-16-12(15)10-6-3-4-7-11(10)14-9-5-8-13-14/h3-9H,2H2,1H3. The molecule has 1 aromatic heterocycles. The lowest BCUT2D eigenvalue weighted by atomic mass is 10.2. The maximum atomic E-state index is 11.7. The van der Waals surface area contributed by atoms with E-state index in [0.717, 1.165) is 5.69 Å². The number of hydrogen-bond donors (Lipinski definition) is 0. The van der Waals surface area contributed by atoms with Gasteiger partial charge in [0.25, 0.3) is 0 Å². The molecule has 0 saturated carbocycles. The number of benzene rings is 1. The molecule has 0 aliphatic heterocycles. The normalized spacial score (nSPS) is 10.1. The van der Waals surface area contributed by atoms with Crippen molar-refractivity contribution in [1.82, 2.24) is 9.78 Å². The van der Waals surface area contributed by atoms with Crippen molar-refractivity contribution in [3.8, 4) is 5.69 Å². The van der Waals surface area contributed by atoms with Gasteiger partial charge in [-0.2, -0.15) is 5.10 Å². The van der Waals surface area contributed by atoms with Crippen molar-refractivity contribution in [2.45, 2.75) is 6.92 Å². The van der Waals surface area contributed by atoms with Gasteiger partial charge in [0.1, 0.15) is 0 Å². The lowest BCUT2D eigenvalue weighted by Crippen LogP contribution is -2.09. The van der Waals surface area contributed by atoms with Crippen LogP contribution >= 0.6 is 0 Å². The molecule has 0 aliphatic carbocycles. The van der Waals surface area contributed by atoms with Crippen LogP contribution in [0.5, 0.6) is 0 Å². The maximum Gasteiger partial charge on any atom is 0.340 e. The van der Waals surface area contributed by atoms with Crippen LogP contribution in [0.15, 0.2) is 42.7 Å². The van der Waals surface area contributed by atoms with Crippen molar-refractivity contribution >= 4 is 5.97 Å². The highest BCUT2D eigenvalue weighted by Gasteiger charge is 2.12. The first kappa shape index (κ1) is 10.4. The number of aromatic nitrogens is 2. The highest BCUT2D eigenvalue weighted by Crippen LogP contribution is 2.14. The zero-order valence-corrected chi connectivity index (χ0v) is 8.96. The van der Waals surface area contributed by atoms with E-state index in [0.29, 0.717) is 12.2 Å². The number of ether oxygens (including phenoxy) is 1. The van der Waals surface area contributed by atoms with Crippen molar-refractivity contribution < 1.29 is 9.53 Å². The smallest absolute Gasteiger partial charge is 0.340 e. The van der Waals surface area contributed by atoms with Crippen LogP contribution in [-0.2, 0) is 4.74 Å². The monoisotopic (exact) mass is 216 g/mol. The second kappa shape index (κ2) is 4.61. The summed E-state index contributed by atoms with van der Waals surface area (Å²) < 4.78 is 6.63. The molecule has 1 heterocycles. The minimum absolute atomic E-state index is 0.325. The van der Waals surface area contributed by atoms with Gasteiger partial charge in [0.15, 0.2) is 0 Å². The Morgan fingerprint density at radius 3 is 2.88 bits per heavy atom. The number of rotatable bonds is 3. The van der Waals surface area contributed by atoms with Crippen LogP contribution < -0.4 is 0 Å². The second-order valence-corrected chi connectivity index (χ2v) is 3.19. The van der Waals surface area contributed by atoms with Gasteiger partial charge in [-0.25, -0.2) is 9.48 Å². The molecule has 4 heteroatoms. The van der Waals surface area contributed by atoms with Gasteiger partial charge in [0.05, 0.1) is 17.9 Å². The SMILES string of the molecule is CCOC(=O)c1ccccc1-n1cccn1. The molecule has 0 bridgehead atoms. The molecule has 0 amide bonds. The Labute approximate surface area is 93.5 Å². The summed E-state index contributed by atoms with van der Waals surface area (Å²) in [6, 6.07) is 9.04. The van der Waals surface area contributed by atoms with E-state index >= 15 is 0 Å². The van der Waals surface area contributed by atoms with E-state index in [4.69, 9.17) is 4.74 Å². The summed E-state index contributed by atoms with van der Waals surface area (Å²) in [6.45, 7) is 2.15. The summed E-state index contributed by atoms with van der Waals surface area (Å²) >= 11 is 0. The third-order valence-electron chi connectivity index (χ3n) is 2.15. The zero-order valence-electron chi connectivity index (χ0n) is 8.96. The molecule has 1 aromatic carbocycles. The number of hydrogen-bond acceptors (Lipinski definition) is 3. The predicted molar refractivity (Wildman–Crippen MR) is 59.5 cm³/mol. The average molecular weight is 216 g/mol. The molecule has 0 aliphatic rings. The first-order valence-electron chi connectivity index (χ1n) is 5.09. The van der Waals surface area contributed by atoms with E-state index in [9.17, 15) is 4.79 Å². The third kappa shape index (κ3) is 1.95. The highest BCUT2D eigenvalue weighted by molar-refractivity contribution is 5.93. The summed E-state index contributed by atoms with van der Waals surface area (Å²) in [5, 5.41) is 4.10. The zero-order chi connectivity index (χ0) is 11.4. The Morgan fingerprint density at radius 1 is 1.38 bits per heavy atom. The Kier molecular flexibility index (Phi) is 3.00. The Morgan fingerprint density at radius 2 is 2.19 bits per heavy atom. The lowest BCUT2D eigenvalue weighted by molar-refractivity contribution is 0.0526. The number of carbonyl (C=O) groups excluding carboxylic acids is 1. The fourth-order valence-corrected chi connectivity index (χ4v) is 1.47. The Balaban J connectivity index is 2.42. The molecule has 4 nitrogen and oxygen atoms in total. The number of nitrogens with zero attached hydrogens (tertiary/aromatic N) is 2. The Bertz CT molecular complexity index is 478. The molecule has 16 heavy (non-hydrogen) atoms. The van der Waals surface area contributed by atoms with Crippen molar-refractivity contribution in [2.75, 3.05) is 6.61 Å². The topological polar surface area (TPSA) is 44.1 Å². The molecule has 2 rings (SSSR count). The van der Waals surface area contributed by atoms with Gasteiger partial charge < -0.3 is 4.74 Å². The molecule has 0 fully saturated rings. The number of esters is 1. The molecular weight excluding hydrogens is 204 g/mol. The van der Waals surface area contributed by atoms with Gasteiger partial charge in [-0.05, 0) is 25.1 Å². The molecule has 0 spiro atoms. The van der Waals surface area contributed by atoms with Gasteiger partial charge >= 0.3 is 5.97 Å². The van der Waals surface area contributed by atoms with E-state index in [1.165, 1.54) is 0 Å². The van der Waals surface area contributed by atoms with Crippen LogP contribution in [0.25, 0.3) is 5.69 Å². The molecular formula is C12H12N2O2. The van der Waals surface area contributed by atoms with Crippen molar-refractivity contribution in [1.29, 1.82) is 0 Å². The summed E-state index contributed by atoms with van der Waals surface area (Å²) in [5.74, 6) is -0.325. The number of carbonyl (C=O) groups is 1. The third-order valence-corrected chi connectivity index (χ3v) is 2.15. The summed E-state index contributed by atoms with van der Waals surface area (Å²) in [4.78, 5) is 11.7. The van der Waals surface area contributed by atoms with Gasteiger partial charge in [-0.1, -0.05) is 12.1 Å². The Hall–Kier alpha value is -2.10. The van der Waals surface area contributed by atoms with Gasteiger partial charge in [-0.3, -0.25) is 0 Å². The van der Waals surface area contributed by atoms with Gasteiger partial charge in [0.2, 0.25) is 0 Å². The largest absolute Gasteiger partial charge is 0.462 e. The van der Waals surface area contributed by atoms with Crippen LogP contribution in [0, 0.1) is 0 Å². The van der Waals surface area contributed by atoms with Crippen LogP contribution in [-0.4, -0.2) is 22.4 Å². The first-order valence-corrected chi connectivity index (χ1v) is 5.09. The van der Waals surface area contributed by atoms with Crippen molar-refractivity contribution in [3.05, 3.63) is 48.3 Å². The first-order chi connectivity index (χ1) is 7.83. The second-order valence-electron chi connectivity index (χ2n) is 3.19. The van der Waals surface area contributed by atoms with Crippen molar-refractivity contribution in [2.24, 2.45) is 0 Å². The minimum atomic E-state index is -0.325. The van der Waals surface area contributed by atoms with E-state index in [2.05, 4.69) is 5.10 Å². The molecule has 0 unspecified atom stereocenters. The molecule has 0 saturated heterocycles. The van der Waals surface area contributed by atoms with E-state index in [1.54, 1.807) is 36.1 Å². The number of para-hydroxylation sites is 1. The van der Waals surface area contributed by atoms with Crippen LogP contribution in [0.2, 0.25) is 0 Å². The highest BCUT2D eigenvalue weighted by atomic mass is 16.5. The minimum Gasteiger partial charge on any atom is -0.462 e. The fourth-order valence-electron chi connectivity index (χ4n) is 1.47. The van der Waals surface area contributed by atoms with Crippen LogP contribution in [0.1, 0.15) is 17.3 Å². The van der Waals surface area contributed by atoms with E-state index in [-0.39, 0.29) is 5.97 Å². The lowest BCUT2D eigenvalue weighted by Gasteiger charge is -2.08. The molecule has 82 valence electrons.